The number of carbonyl (C=O) groups excluding carboxylic acids is 1. The molecule has 2 aromatic heterocycles. The van der Waals surface area contributed by atoms with Crippen molar-refractivity contribution in [2.75, 3.05) is 11.1 Å². The normalized spacial score (nSPS) is 11.0. The second-order valence-corrected chi connectivity index (χ2v) is 8.04. The van der Waals surface area contributed by atoms with Crippen LogP contribution in [0.25, 0.3) is 0 Å². The lowest BCUT2D eigenvalue weighted by atomic mass is 10.2. The summed E-state index contributed by atoms with van der Waals surface area (Å²) in [7, 11) is 0. The minimum Gasteiger partial charge on any atom is -0.326 e. The monoisotopic (exact) mass is 427 g/mol. The Hall–Kier alpha value is -3.19. The molecule has 0 aliphatic carbocycles. The van der Waals surface area contributed by atoms with Gasteiger partial charge in [0, 0.05) is 12.2 Å². The van der Waals surface area contributed by atoms with Crippen LogP contribution < -0.4 is 5.32 Å². The van der Waals surface area contributed by atoms with Crippen LogP contribution in [0.2, 0.25) is 0 Å². The molecular formula is C20H22FN7OS. The second-order valence-electron chi connectivity index (χ2n) is 7.10. The molecule has 1 aromatic carbocycles. The van der Waals surface area contributed by atoms with Crippen molar-refractivity contribution in [3.05, 3.63) is 52.5 Å². The fourth-order valence-corrected chi connectivity index (χ4v) is 3.81. The molecular weight excluding hydrogens is 405 g/mol. The Morgan fingerprint density at radius 2 is 2.00 bits per heavy atom. The summed E-state index contributed by atoms with van der Waals surface area (Å²) >= 11 is 1.23. The Labute approximate surface area is 178 Å². The van der Waals surface area contributed by atoms with E-state index >= 15 is 0 Å². The molecule has 0 spiro atoms. The maximum Gasteiger partial charge on any atom is 0.235 e. The predicted molar refractivity (Wildman–Crippen MR) is 112 cm³/mol. The maximum absolute atomic E-state index is 13.2. The third-order valence-electron chi connectivity index (χ3n) is 4.74. The highest BCUT2D eigenvalue weighted by Gasteiger charge is 2.20. The summed E-state index contributed by atoms with van der Waals surface area (Å²) in [5.41, 5.74) is 2.94. The van der Waals surface area contributed by atoms with Gasteiger partial charge >= 0.3 is 0 Å². The van der Waals surface area contributed by atoms with Crippen LogP contribution in [0.4, 0.5) is 10.2 Å². The van der Waals surface area contributed by atoms with Gasteiger partial charge in [-0.05, 0) is 61.4 Å². The molecule has 30 heavy (non-hydrogen) atoms. The lowest BCUT2D eigenvalue weighted by molar-refractivity contribution is -0.113. The lowest BCUT2D eigenvalue weighted by Gasteiger charge is -2.13. The number of hydrogen-bond acceptors (Lipinski definition) is 6. The molecule has 8 nitrogen and oxygen atoms in total. The third-order valence-corrected chi connectivity index (χ3v) is 5.67. The standard InChI is InChI=1S/C20H22FN7OS/c1-12(2)28-20(24-25-26-28)30-11-18(29)23-19-17(9-22)13(3)14(4)27(19)10-15-5-7-16(21)8-6-15/h5-8,12H,10-11H2,1-4H3,(H,23,29). The van der Waals surface area contributed by atoms with E-state index in [2.05, 4.69) is 26.9 Å². The lowest BCUT2D eigenvalue weighted by Crippen LogP contribution is -2.19. The third kappa shape index (κ3) is 4.52. The first-order chi connectivity index (χ1) is 14.3. The molecule has 0 aliphatic rings. The topological polar surface area (TPSA) is 101 Å². The van der Waals surface area contributed by atoms with Gasteiger partial charge in [-0.15, -0.1) is 5.10 Å². The number of aromatic nitrogens is 5. The molecule has 0 unspecified atom stereocenters. The Balaban J connectivity index is 1.81. The van der Waals surface area contributed by atoms with Crippen molar-refractivity contribution in [1.82, 2.24) is 24.8 Å². The first-order valence-corrected chi connectivity index (χ1v) is 10.3. The number of amides is 1. The van der Waals surface area contributed by atoms with Gasteiger partial charge in [-0.25, -0.2) is 9.07 Å². The van der Waals surface area contributed by atoms with Gasteiger partial charge in [-0.3, -0.25) is 4.79 Å². The SMILES string of the molecule is Cc1c(C#N)c(NC(=O)CSc2nnnn2C(C)C)n(Cc2ccc(F)cc2)c1C. The van der Waals surface area contributed by atoms with E-state index in [4.69, 9.17) is 0 Å². The summed E-state index contributed by atoms with van der Waals surface area (Å²) in [6, 6.07) is 8.40. The van der Waals surface area contributed by atoms with E-state index in [9.17, 15) is 14.4 Å². The molecule has 0 aliphatic heterocycles. The highest BCUT2D eigenvalue weighted by Crippen LogP contribution is 2.28. The number of nitrogens with one attached hydrogen (secondary N) is 1. The number of hydrogen-bond donors (Lipinski definition) is 1. The number of thioether (sulfide) groups is 1. The van der Waals surface area contributed by atoms with Crippen LogP contribution in [0.1, 0.15) is 42.3 Å². The molecule has 0 atom stereocenters. The van der Waals surface area contributed by atoms with Crippen LogP contribution >= 0.6 is 11.8 Å². The van der Waals surface area contributed by atoms with Crippen LogP contribution in [0.3, 0.4) is 0 Å². The van der Waals surface area contributed by atoms with E-state index in [-0.39, 0.29) is 23.5 Å². The molecule has 156 valence electrons. The molecule has 0 saturated carbocycles. The maximum atomic E-state index is 13.2. The molecule has 1 amide bonds. The number of benzene rings is 1. The van der Waals surface area contributed by atoms with Crippen molar-refractivity contribution >= 4 is 23.5 Å². The van der Waals surface area contributed by atoms with Crippen LogP contribution in [-0.2, 0) is 11.3 Å². The van der Waals surface area contributed by atoms with Crippen LogP contribution in [0.15, 0.2) is 29.4 Å². The number of carbonyl (C=O) groups is 1. The molecule has 1 N–H and O–H groups in total. The Morgan fingerprint density at radius 3 is 2.63 bits per heavy atom. The van der Waals surface area contributed by atoms with Gasteiger partial charge in [0.05, 0.1) is 17.4 Å². The fraction of sp³-hybridized carbons (Fsp3) is 0.350. The summed E-state index contributed by atoms with van der Waals surface area (Å²) in [6.07, 6.45) is 0. The van der Waals surface area contributed by atoms with Crippen molar-refractivity contribution in [2.45, 2.75) is 45.4 Å². The number of nitriles is 1. The van der Waals surface area contributed by atoms with Crippen molar-refractivity contribution in [3.63, 3.8) is 0 Å². The van der Waals surface area contributed by atoms with Gasteiger partial charge < -0.3 is 9.88 Å². The Bertz CT molecular complexity index is 1100. The van der Waals surface area contributed by atoms with E-state index in [0.29, 0.717) is 23.1 Å². The number of nitrogens with zero attached hydrogens (tertiary/aromatic N) is 6. The number of tetrazole rings is 1. The highest BCUT2D eigenvalue weighted by atomic mass is 32.2. The molecule has 3 aromatic rings. The molecule has 0 radical (unpaired) electrons. The highest BCUT2D eigenvalue weighted by molar-refractivity contribution is 7.99. The molecule has 10 heteroatoms. The van der Waals surface area contributed by atoms with Crippen molar-refractivity contribution in [2.24, 2.45) is 0 Å². The molecule has 0 fully saturated rings. The van der Waals surface area contributed by atoms with Gasteiger partial charge in [0.1, 0.15) is 17.7 Å². The van der Waals surface area contributed by atoms with Crippen molar-refractivity contribution < 1.29 is 9.18 Å². The summed E-state index contributed by atoms with van der Waals surface area (Å²) in [5, 5.41) is 24.6. The summed E-state index contributed by atoms with van der Waals surface area (Å²) < 4.78 is 16.7. The minimum atomic E-state index is -0.314. The zero-order valence-corrected chi connectivity index (χ0v) is 18.0. The second kappa shape index (κ2) is 9.09. The van der Waals surface area contributed by atoms with Gasteiger partial charge in [0.15, 0.2) is 0 Å². The molecule has 0 bridgehead atoms. The van der Waals surface area contributed by atoms with Gasteiger partial charge in [0.2, 0.25) is 11.1 Å². The average Bonchev–Trinajstić information content (AvgIpc) is 3.27. The number of halogens is 1. The zero-order valence-electron chi connectivity index (χ0n) is 17.2. The smallest absolute Gasteiger partial charge is 0.235 e. The van der Waals surface area contributed by atoms with E-state index in [1.165, 1.54) is 23.9 Å². The summed E-state index contributed by atoms with van der Waals surface area (Å²) in [5.74, 6) is -0.0534. The van der Waals surface area contributed by atoms with E-state index in [0.717, 1.165) is 16.8 Å². The van der Waals surface area contributed by atoms with E-state index < -0.39 is 0 Å². The van der Waals surface area contributed by atoms with Crippen molar-refractivity contribution in [3.8, 4) is 6.07 Å². The van der Waals surface area contributed by atoms with Crippen LogP contribution in [0, 0.1) is 31.0 Å². The molecule has 2 heterocycles. The van der Waals surface area contributed by atoms with Gasteiger partial charge in [-0.2, -0.15) is 5.26 Å². The van der Waals surface area contributed by atoms with Gasteiger partial charge in [-0.1, -0.05) is 23.9 Å². The Morgan fingerprint density at radius 1 is 1.30 bits per heavy atom. The van der Waals surface area contributed by atoms with Crippen LogP contribution in [0.5, 0.6) is 0 Å². The largest absolute Gasteiger partial charge is 0.326 e. The molecule has 0 saturated heterocycles. The number of rotatable bonds is 7. The zero-order chi connectivity index (χ0) is 21.8. The quantitative estimate of drug-likeness (QED) is 0.580. The first kappa shape index (κ1) is 21.5. The van der Waals surface area contributed by atoms with Crippen molar-refractivity contribution in [1.29, 1.82) is 5.26 Å². The minimum absolute atomic E-state index is 0.0778. The predicted octanol–water partition coefficient (Wildman–Crippen LogP) is 3.46. The Kier molecular flexibility index (Phi) is 6.52. The first-order valence-electron chi connectivity index (χ1n) is 9.36. The van der Waals surface area contributed by atoms with Crippen LogP contribution in [-0.4, -0.2) is 36.4 Å². The fourth-order valence-electron chi connectivity index (χ4n) is 3.00. The summed E-state index contributed by atoms with van der Waals surface area (Å²) in [4.78, 5) is 12.6. The van der Waals surface area contributed by atoms with Gasteiger partial charge in [0.25, 0.3) is 0 Å². The molecule has 3 rings (SSSR count). The average molecular weight is 428 g/mol. The van der Waals surface area contributed by atoms with E-state index in [1.54, 1.807) is 16.8 Å². The van der Waals surface area contributed by atoms with E-state index in [1.807, 2.05) is 32.3 Å². The summed E-state index contributed by atoms with van der Waals surface area (Å²) in [6.45, 7) is 8.04. The number of anilines is 1.